The van der Waals surface area contributed by atoms with Crippen LogP contribution in [0.4, 0.5) is 0 Å². The number of pyridine rings is 1. The fourth-order valence-corrected chi connectivity index (χ4v) is 4.07. The summed E-state index contributed by atoms with van der Waals surface area (Å²) >= 11 is 5.68. The van der Waals surface area contributed by atoms with Gasteiger partial charge in [-0.15, -0.1) is 0 Å². The molecule has 0 aliphatic heterocycles. The lowest BCUT2D eigenvalue weighted by Gasteiger charge is -2.31. The smallest absolute Gasteiger partial charge is 0.253 e. The summed E-state index contributed by atoms with van der Waals surface area (Å²) < 4.78 is 10.4. The monoisotopic (exact) mass is 403 g/mol. The van der Waals surface area contributed by atoms with Crippen LogP contribution >= 0.6 is 12.2 Å². The van der Waals surface area contributed by atoms with Crippen molar-refractivity contribution in [2.24, 2.45) is 0 Å². The maximum Gasteiger partial charge on any atom is 0.253 e. The van der Waals surface area contributed by atoms with Crippen molar-refractivity contribution in [3.8, 4) is 5.75 Å². The van der Waals surface area contributed by atoms with Crippen LogP contribution in [0.15, 0.2) is 29.1 Å². The molecule has 1 aliphatic carbocycles. The van der Waals surface area contributed by atoms with Crippen LogP contribution in [0.2, 0.25) is 0 Å². The second-order valence-corrected chi connectivity index (χ2v) is 7.61. The molecule has 152 valence electrons. The molecule has 0 atom stereocenters. The minimum absolute atomic E-state index is 0.0668. The van der Waals surface area contributed by atoms with Gasteiger partial charge in [0.25, 0.3) is 5.56 Å². The fourth-order valence-electron chi connectivity index (χ4n) is 3.75. The number of methoxy groups -OCH3 is 2. The number of nitrogens with zero attached hydrogens (tertiary/aromatic N) is 1. The van der Waals surface area contributed by atoms with E-state index in [0.29, 0.717) is 29.9 Å². The topological polar surface area (TPSA) is 66.6 Å². The SMILES string of the molecule is COCCCNC(=S)N(Cc1cc2cc(OC)ccc2[nH]c1=O)C1CCCC1. The Kier molecular flexibility index (Phi) is 7.28. The molecule has 0 unspecified atom stereocenters. The van der Waals surface area contributed by atoms with Crippen LogP contribution in [0.1, 0.15) is 37.7 Å². The van der Waals surface area contributed by atoms with Crippen molar-refractivity contribution in [2.45, 2.75) is 44.7 Å². The molecule has 1 aromatic heterocycles. The lowest BCUT2D eigenvalue weighted by Crippen LogP contribution is -2.45. The predicted octanol–water partition coefficient (Wildman–Crippen LogP) is 3.19. The normalized spacial score (nSPS) is 14.4. The Morgan fingerprint density at radius 3 is 2.79 bits per heavy atom. The Bertz CT molecular complexity index is 862. The molecule has 2 aromatic rings. The van der Waals surface area contributed by atoms with E-state index in [1.54, 1.807) is 14.2 Å². The molecule has 0 bridgehead atoms. The minimum Gasteiger partial charge on any atom is -0.497 e. The number of rotatable bonds is 8. The van der Waals surface area contributed by atoms with Crippen LogP contribution in [0.25, 0.3) is 10.9 Å². The van der Waals surface area contributed by atoms with Gasteiger partial charge in [0.15, 0.2) is 5.11 Å². The highest BCUT2D eigenvalue weighted by Gasteiger charge is 2.25. The van der Waals surface area contributed by atoms with E-state index in [-0.39, 0.29) is 5.56 Å². The molecule has 1 aromatic carbocycles. The van der Waals surface area contributed by atoms with Gasteiger partial charge in [-0.1, -0.05) is 12.8 Å². The van der Waals surface area contributed by atoms with Crippen molar-refractivity contribution in [2.75, 3.05) is 27.4 Å². The van der Waals surface area contributed by atoms with Gasteiger partial charge in [0.05, 0.1) is 13.7 Å². The second-order valence-electron chi connectivity index (χ2n) is 7.22. The van der Waals surface area contributed by atoms with Gasteiger partial charge in [0, 0.05) is 42.8 Å². The summed E-state index contributed by atoms with van der Waals surface area (Å²) in [5.41, 5.74) is 1.46. The van der Waals surface area contributed by atoms with Gasteiger partial charge in [-0.25, -0.2) is 0 Å². The Morgan fingerprint density at radius 1 is 1.29 bits per heavy atom. The molecule has 6 nitrogen and oxygen atoms in total. The second kappa shape index (κ2) is 9.89. The lowest BCUT2D eigenvalue weighted by atomic mass is 10.1. The first-order valence-corrected chi connectivity index (χ1v) is 10.3. The summed E-state index contributed by atoms with van der Waals surface area (Å²) in [6, 6.07) is 7.99. The van der Waals surface area contributed by atoms with Crippen molar-refractivity contribution < 1.29 is 9.47 Å². The molecule has 7 heteroatoms. The van der Waals surface area contributed by atoms with E-state index in [2.05, 4.69) is 15.2 Å². The number of hydrogen-bond acceptors (Lipinski definition) is 4. The first-order valence-electron chi connectivity index (χ1n) is 9.85. The lowest BCUT2D eigenvalue weighted by molar-refractivity contribution is 0.195. The third kappa shape index (κ3) is 5.02. The van der Waals surface area contributed by atoms with E-state index in [1.165, 1.54) is 12.8 Å². The fraction of sp³-hybridized carbons (Fsp3) is 0.524. The molecule has 0 saturated heterocycles. The first-order chi connectivity index (χ1) is 13.6. The number of benzene rings is 1. The average Bonchev–Trinajstić information content (AvgIpc) is 3.23. The third-order valence-corrected chi connectivity index (χ3v) is 5.68. The summed E-state index contributed by atoms with van der Waals surface area (Å²) in [5, 5.41) is 5.01. The van der Waals surface area contributed by atoms with Crippen molar-refractivity contribution >= 4 is 28.2 Å². The van der Waals surface area contributed by atoms with Crippen LogP contribution < -0.4 is 15.6 Å². The zero-order valence-corrected chi connectivity index (χ0v) is 17.4. The number of hydrogen-bond donors (Lipinski definition) is 2. The molecule has 0 radical (unpaired) electrons. The largest absolute Gasteiger partial charge is 0.497 e. The number of ether oxygens (including phenoxy) is 2. The van der Waals surface area contributed by atoms with Crippen LogP contribution in [0.5, 0.6) is 5.75 Å². The zero-order valence-electron chi connectivity index (χ0n) is 16.6. The van der Waals surface area contributed by atoms with E-state index in [1.807, 2.05) is 24.3 Å². The van der Waals surface area contributed by atoms with Gasteiger partial charge in [-0.3, -0.25) is 4.79 Å². The molecule has 28 heavy (non-hydrogen) atoms. The number of aromatic nitrogens is 1. The van der Waals surface area contributed by atoms with Gasteiger partial charge < -0.3 is 24.7 Å². The summed E-state index contributed by atoms with van der Waals surface area (Å²) in [5.74, 6) is 0.772. The summed E-state index contributed by atoms with van der Waals surface area (Å²) in [6.07, 6.45) is 5.53. The highest BCUT2D eigenvalue weighted by molar-refractivity contribution is 7.80. The molecule has 1 fully saturated rings. The van der Waals surface area contributed by atoms with Gasteiger partial charge in [-0.05, 0) is 55.7 Å². The standard InChI is InChI=1S/C21H29N3O3S/c1-26-11-5-10-22-21(28)24(17-6-3-4-7-17)14-16-12-15-13-18(27-2)8-9-19(15)23-20(16)25/h8-9,12-13,17H,3-7,10-11,14H2,1-2H3,(H,22,28)(H,23,25). The van der Waals surface area contributed by atoms with Crippen molar-refractivity contribution in [3.63, 3.8) is 0 Å². The van der Waals surface area contributed by atoms with Crippen LogP contribution in [-0.2, 0) is 11.3 Å². The maximum atomic E-state index is 12.7. The molecule has 3 rings (SSSR count). The Balaban J connectivity index is 1.81. The van der Waals surface area contributed by atoms with Crippen molar-refractivity contribution in [1.82, 2.24) is 15.2 Å². The number of thiocarbonyl (C=S) groups is 1. The van der Waals surface area contributed by atoms with E-state index in [0.717, 1.165) is 42.5 Å². The van der Waals surface area contributed by atoms with Crippen molar-refractivity contribution in [1.29, 1.82) is 0 Å². The molecule has 0 spiro atoms. The van der Waals surface area contributed by atoms with E-state index < -0.39 is 0 Å². The van der Waals surface area contributed by atoms with Crippen LogP contribution in [0, 0.1) is 0 Å². The molecule has 1 saturated carbocycles. The highest BCUT2D eigenvalue weighted by Crippen LogP contribution is 2.25. The molecular formula is C21H29N3O3S. The van der Waals surface area contributed by atoms with Gasteiger partial charge in [0.2, 0.25) is 0 Å². The average molecular weight is 404 g/mol. The highest BCUT2D eigenvalue weighted by atomic mass is 32.1. The van der Waals surface area contributed by atoms with E-state index in [4.69, 9.17) is 21.7 Å². The number of nitrogens with one attached hydrogen (secondary N) is 2. The van der Waals surface area contributed by atoms with Gasteiger partial charge in [0.1, 0.15) is 5.75 Å². The minimum atomic E-state index is -0.0668. The first kappa shape index (κ1) is 20.6. The Labute approximate surface area is 171 Å². The number of aromatic amines is 1. The van der Waals surface area contributed by atoms with Gasteiger partial charge in [-0.2, -0.15) is 0 Å². The van der Waals surface area contributed by atoms with Crippen LogP contribution in [-0.4, -0.2) is 48.4 Å². The molecule has 2 N–H and O–H groups in total. The Morgan fingerprint density at radius 2 is 2.07 bits per heavy atom. The predicted molar refractivity (Wildman–Crippen MR) is 116 cm³/mol. The quantitative estimate of drug-likeness (QED) is 0.521. The van der Waals surface area contributed by atoms with E-state index >= 15 is 0 Å². The number of H-pyrrole nitrogens is 1. The maximum absolute atomic E-state index is 12.7. The molecular weight excluding hydrogens is 374 g/mol. The van der Waals surface area contributed by atoms with Gasteiger partial charge >= 0.3 is 0 Å². The molecule has 1 aliphatic rings. The molecule has 0 amide bonds. The zero-order chi connectivity index (χ0) is 19.9. The summed E-state index contributed by atoms with van der Waals surface area (Å²) in [4.78, 5) is 17.8. The van der Waals surface area contributed by atoms with Crippen molar-refractivity contribution in [3.05, 3.63) is 40.2 Å². The van der Waals surface area contributed by atoms with Crippen LogP contribution in [0.3, 0.4) is 0 Å². The summed E-state index contributed by atoms with van der Waals surface area (Å²) in [6.45, 7) is 1.97. The molecule has 1 heterocycles. The Hall–Kier alpha value is -2.12. The van der Waals surface area contributed by atoms with E-state index in [9.17, 15) is 4.79 Å². The third-order valence-electron chi connectivity index (χ3n) is 5.30. The number of fused-ring (bicyclic) bond motifs is 1. The summed E-state index contributed by atoms with van der Waals surface area (Å²) in [7, 11) is 3.34.